The summed E-state index contributed by atoms with van der Waals surface area (Å²) in [7, 11) is 1.73. The van der Waals surface area contributed by atoms with Crippen molar-refractivity contribution in [2.75, 3.05) is 26.7 Å². The summed E-state index contributed by atoms with van der Waals surface area (Å²) in [6.07, 6.45) is 2.60. The first kappa shape index (κ1) is 14.4. The molecule has 1 saturated heterocycles. The highest BCUT2D eigenvalue weighted by molar-refractivity contribution is 5.41. The average molecular weight is 262 g/mol. The maximum absolute atomic E-state index is 5.35. The molecule has 19 heavy (non-hydrogen) atoms. The third kappa shape index (κ3) is 3.95. The lowest BCUT2D eigenvalue weighted by Gasteiger charge is -2.23. The molecule has 2 N–H and O–H groups in total. The maximum atomic E-state index is 5.35. The monoisotopic (exact) mass is 262 g/mol. The van der Waals surface area contributed by atoms with Crippen LogP contribution < -0.4 is 15.4 Å². The number of piperidine rings is 1. The Morgan fingerprint density at radius 1 is 1.21 bits per heavy atom. The van der Waals surface area contributed by atoms with Crippen molar-refractivity contribution in [2.45, 2.75) is 33.2 Å². The summed E-state index contributed by atoms with van der Waals surface area (Å²) < 4.78 is 5.35. The zero-order valence-corrected chi connectivity index (χ0v) is 12.4. The van der Waals surface area contributed by atoms with E-state index >= 15 is 0 Å². The Morgan fingerprint density at radius 3 is 2.63 bits per heavy atom. The van der Waals surface area contributed by atoms with E-state index in [-0.39, 0.29) is 0 Å². The molecule has 1 fully saturated rings. The van der Waals surface area contributed by atoms with Gasteiger partial charge in [0, 0.05) is 6.54 Å². The lowest BCUT2D eigenvalue weighted by atomic mass is 9.98. The molecule has 0 amide bonds. The number of benzene rings is 1. The molecule has 3 heteroatoms. The standard InChI is InChI=1S/C16H26N2O/c1-12-9-16(19-3)13(2)8-15(12)11-18-10-14-4-6-17-7-5-14/h8-9,14,17-18H,4-7,10-11H2,1-3H3. The summed E-state index contributed by atoms with van der Waals surface area (Å²) in [4.78, 5) is 0. The van der Waals surface area contributed by atoms with E-state index < -0.39 is 0 Å². The van der Waals surface area contributed by atoms with Crippen molar-refractivity contribution in [2.24, 2.45) is 5.92 Å². The molecule has 1 aromatic carbocycles. The van der Waals surface area contributed by atoms with Crippen molar-refractivity contribution in [3.8, 4) is 5.75 Å². The van der Waals surface area contributed by atoms with Crippen LogP contribution in [0.3, 0.4) is 0 Å². The lowest BCUT2D eigenvalue weighted by molar-refractivity contribution is 0.356. The molecular weight excluding hydrogens is 236 g/mol. The van der Waals surface area contributed by atoms with Crippen LogP contribution in [0.4, 0.5) is 0 Å². The number of methoxy groups -OCH3 is 1. The fraction of sp³-hybridized carbons (Fsp3) is 0.625. The predicted molar refractivity (Wildman–Crippen MR) is 79.8 cm³/mol. The third-order valence-electron chi connectivity index (χ3n) is 4.06. The topological polar surface area (TPSA) is 33.3 Å². The number of ether oxygens (including phenoxy) is 1. The molecule has 0 aromatic heterocycles. The van der Waals surface area contributed by atoms with Crippen molar-refractivity contribution in [3.05, 3.63) is 28.8 Å². The van der Waals surface area contributed by atoms with Crippen molar-refractivity contribution < 1.29 is 4.74 Å². The summed E-state index contributed by atoms with van der Waals surface area (Å²) in [5.74, 6) is 1.82. The number of hydrogen-bond donors (Lipinski definition) is 2. The second kappa shape index (κ2) is 6.92. The number of nitrogens with one attached hydrogen (secondary N) is 2. The number of aryl methyl sites for hydroxylation is 2. The minimum Gasteiger partial charge on any atom is -0.496 e. The Balaban J connectivity index is 1.86. The molecule has 0 spiro atoms. The molecule has 0 unspecified atom stereocenters. The van der Waals surface area contributed by atoms with E-state index in [9.17, 15) is 0 Å². The minimum atomic E-state index is 0.834. The highest BCUT2D eigenvalue weighted by atomic mass is 16.5. The van der Waals surface area contributed by atoms with Crippen LogP contribution in [0.1, 0.15) is 29.5 Å². The first-order valence-electron chi connectivity index (χ1n) is 7.26. The highest BCUT2D eigenvalue weighted by Gasteiger charge is 2.12. The van der Waals surface area contributed by atoms with Crippen molar-refractivity contribution >= 4 is 0 Å². The molecule has 1 aliphatic rings. The van der Waals surface area contributed by atoms with E-state index in [0.717, 1.165) is 24.8 Å². The molecule has 0 aliphatic carbocycles. The van der Waals surface area contributed by atoms with E-state index in [1.54, 1.807) is 7.11 Å². The zero-order chi connectivity index (χ0) is 13.7. The Hall–Kier alpha value is -1.06. The van der Waals surface area contributed by atoms with E-state index in [4.69, 9.17) is 4.74 Å². The Morgan fingerprint density at radius 2 is 1.95 bits per heavy atom. The maximum Gasteiger partial charge on any atom is 0.122 e. The van der Waals surface area contributed by atoms with Crippen LogP contribution in [0.2, 0.25) is 0 Å². The first-order valence-corrected chi connectivity index (χ1v) is 7.26. The van der Waals surface area contributed by atoms with E-state index in [1.165, 1.54) is 42.6 Å². The molecule has 2 rings (SSSR count). The van der Waals surface area contributed by atoms with Crippen LogP contribution in [0, 0.1) is 19.8 Å². The van der Waals surface area contributed by atoms with Gasteiger partial charge in [0.25, 0.3) is 0 Å². The number of rotatable bonds is 5. The normalized spacial score (nSPS) is 16.6. The molecule has 0 atom stereocenters. The summed E-state index contributed by atoms with van der Waals surface area (Å²) in [5, 5.41) is 7.02. The van der Waals surface area contributed by atoms with Crippen LogP contribution in [0.25, 0.3) is 0 Å². The Bertz CT molecular complexity index is 411. The van der Waals surface area contributed by atoms with E-state index in [0.29, 0.717) is 0 Å². The van der Waals surface area contributed by atoms with Gasteiger partial charge in [-0.1, -0.05) is 6.07 Å². The van der Waals surface area contributed by atoms with Crippen molar-refractivity contribution in [1.82, 2.24) is 10.6 Å². The molecule has 0 radical (unpaired) electrons. The zero-order valence-electron chi connectivity index (χ0n) is 12.4. The third-order valence-corrected chi connectivity index (χ3v) is 4.06. The molecule has 106 valence electrons. The molecule has 0 bridgehead atoms. The number of hydrogen-bond acceptors (Lipinski definition) is 3. The van der Waals surface area contributed by atoms with Gasteiger partial charge in [-0.15, -0.1) is 0 Å². The van der Waals surface area contributed by atoms with Gasteiger partial charge < -0.3 is 15.4 Å². The molecule has 3 nitrogen and oxygen atoms in total. The van der Waals surface area contributed by atoms with Gasteiger partial charge in [-0.3, -0.25) is 0 Å². The molecule has 0 saturated carbocycles. The SMILES string of the molecule is COc1cc(C)c(CNCC2CCNCC2)cc1C. The summed E-state index contributed by atoms with van der Waals surface area (Å²) in [5.41, 5.74) is 3.90. The van der Waals surface area contributed by atoms with E-state index in [2.05, 4.69) is 36.6 Å². The van der Waals surface area contributed by atoms with Crippen molar-refractivity contribution in [1.29, 1.82) is 0 Å². The Labute approximate surface area is 116 Å². The average Bonchev–Trinajstić information content (AvgIpc) is 2.43. The van der Waals surface area contributed by atoms with Gasteiger partial charge in [0.15, 0.2) is 0 Å². The largest absolute Gasteiger partial charge is 0.496 e. The van der Waals surface area contributed by atoms with Crippen LogP contribution in [-0.4, -0.2) is 26.7 Å². The second-order valence-corrected chi connectivity index (χ2v) is 5.57. The van der Waals surface area contributed by atoms with Gasteiger partial charge in [0.2, 0.25) is 0 Å². The molecular formula is C16H26N2O. The predicted octanol–water partition coefficient (Wildman–Crippen LogP) is 2.40. The fourth-order valence-electron chi connectivity index (χ4n) is 2.76. The first-order chi connectivity index (χ1) is 9.20. The van der Waals surface area contributed by atoms with Gasteiger partial charge in [-0.05, 0) is 75.0 Å². The minimum absolute atomic E-state index is 0.834. The summed E-state index contributed by atoms with van der Waals surface area (Å²) in [6, 6.07) is 4.38. The highest BCUT2D eigenvalue weighted by Crippen LogP contribution is 2.22. The van der Waals surface area contributed by atoms with Crippen LogP contribution in [0.5, 0.6) is 5.75 Å². The van der Waals surface area contributed by atoms with Crippen LogP contribution >= 0.6 is 0 Å². The molecule has 1 heterocycles. The quantitative estimate of drug-likeness (QED) is 0.855. The van der Waals surface area contributed by atoms with Crippen LogP contribution in [-0.2, 0) is 6.54 Å². The fourth-order valence-corrected chi connectivity index (χ4v) is 2.76. The molecule has 1 aliphatic heterocycles. The van der Waals surface area contributed by atoms with Gasteiger partial charge >= 0.3 is 0 Å². The Kier molecular flexibility index (Phi) is 5.23. The second-order valence-electron chi connectivity index (χ2n) is 5.57. The molecule has 1 aromatic rings. The van der Waals surface area contributed by atoms with E-state index in [1.807, 2.05) is 0 Å². The van der Waals surface area contributed by atoms with Crippen molar-refractivity contribution in [3.63, 3.8) is 0 Å². The smallest absolute Gasteiger partial charge is 0.122 e. The van der Waals surface area contributed by atoms with Gasteiger partial charge in [-0.25, -0.2) is 0 Å². The lowest BCUT2D eigenvalue weighted by Crippen LogP contribution is -2.33. The van der Waals surface area contributed by atoms with Gasteiger partial charge in [0.1, 0.15) is 5.75 Å². The summed E-state index contributed by atoms with van der Waals surface area (Å²) in [6.45, 7) is 8.70. The van der Waals surface area contributed by atoms with Gasteiger partial charge in [0.05, 0.1) is 7.11 Å². The van der Waals surface area contributed by atoms with Crippen LogP contribution in [0.15, 0.2) is 12.1 Å². The summed E-state index contributed by atoms with van der Waals surface area (Å²) >= 11 is 0. The van der Waals surface area contributed by atoms with Gasteiger partial charge in [-0.2, -0.15) is 0 Å².